The minimum atomic E-state index is 0.207. The van der Waals surface area contributed by atoms with E-state index in [1.807, 2.05) is 6.07 Å². The number of nitrogens with two attached hydrogens (primary N) is 1. The van der Waals surface area contributed by atoms with Crippen molar-refractivity contribution in [2.45, 2.75) is 25.3 Å². The van der Waals surface area contributed by atoms with Gasteiger partial charge >= 0.3 is 0 Å². The van der Waals surface area contributed by atoms with E-state index in [2.05, 4.69) is 43.8 Å². The Balaban J connectivity index is 2.53. The first-order valence-electron chi connectivity index (χ1n) is 4.65. The molecule has 72 valence electrons. The van der Waals surface area contributed by atoms with Crippen molar-refractivity contribution < 1.29 is 0 Å². The van der Waals surface area contributed by atoms with Crippen LogP contribution in [0.4, 0.5) is 0 Å². The van der Waals surface area contributed by atoms with Gasteiger partial charge in [-0.05, 0) is 17.9 Å². The molecule has 0 aliphatic heterocycles. The third-order valence-electron chi connectivity index (χ3n) is 2.26. The highest BCUT2D eigenvalue weighted by Crippen LogP contribution is 2.19. The van der Waals surface area contributed by atoms with Crippen LogP contribution < -0.4 is 5.73 Å². The zero-order chi connectivity index (χ0) is 9.68. The van der Waals surface area contributed by atoms with Gasteiger partial charge in [-0.2, -0.15) is 12.6 Å². The zero-order valence-corrected chi connectivity index (χ0v) is 8.87. The molecule has 13 heavy (non-hydrogen) atoms. The smallest absolute Gasteiger partial charge is 0.0133 e. The van der Waals surface area contributed by atoms with Gasteiger partial charge < -0.3 is 5.73 Å². The van der Waals surface area contributed by atoms with Crippen LogP contribution >= 0.6 is 12.6 Å². The average molecular weight is 195 g/mol. The molecule has 2 unspecified atom stereocenters. The van der Waals surface area contributed by atoms with Crippen molar-refractivity contribution in [3.63, 3.8) is 0 Å². The molecule has 1 nitrogen and oxygen atoms in total. The molecule has 0 fully saturated rings. The van der Waals surface area contributed by atoms with Gasteiger partial charge in [0.15, 0.2) is 0 Å². The Labute approximate surface area is 85.8 Å². The zero-order valence-electron chi connectivity index (χ0n) is 7.98. The third-order valence-corrected chi connectivity index (χ3v) is 2.73. The molecule has 2 N–H and O–H groups in total. The van der Waals surface area contributed by atoms with Gasteiger partial charge in [0.25, 0.3) is 0 Å². The second-order valence-electron chi connectivity index (χ2n) is 3.49. The van der Waals surface area contributed by atoms with E-state index in [0.29, 0.717) is 5.92 Å². The quantitative estimate of drug-likeness (QED) is 0.709. The van der Waals surface area contributed by atoms with Crippen molar-refractivity contribution in [2.75, 3.05) is 5.75 Å². The predicted octanol–water partition coefficient (Wildman–Crippen LogP) is 2.44. The molecule has 0 bridgehead atoms. The minimum Gasteiger partial charge on any atom is -0.327 e. The molecule has 0 heterocycles. The van der Waals surface area contributed by atoms with Gasteiger partial charge in [-0.25, -0.2) is 0 Å². The van der Waals surface area contributed by atoms with E-state index in [1.54, 1.807) is 0 Å². The Morgan fingerprint density at radius 1 is 1.31 bits per heavy atom. The molecule has 0 saturated carbocycles. The van der Waals surface area contributed by atoms with E-state index in [4.69, 9.17) is 5.73 Å². The standard InChI is InChI=1S/C11H17NS/c1-9(7-11(12)8-13)10-5-3-2-4-6-10/h2-6,9,11,13H,7-8,12H2,1H3. The molecule has 1 rings (SSSR count). The van der Waals surface area contributed by atoms with Crippen molar-refractivity contribution in [3.05, 3.63) is 35.9 Å². The van der Waals surface area contributed by atoms with E-state index in [0.717, 1.165) is 12.2 Å². The van der Waals surface area contributed by atoms with Gasteiger partial charge in [0.2, 0.25) is 0 Å². The monoisotopic (exact) mass is 195 g/mol. The van der Waals surface area contributed by atoms with Crippen LogP contribution in [0.1, 0.15) is 24.8 Å². The van der Waals surface area contributed by atoms with Crippen LogP contribution in [0, 0.1) is 0 Å². The van der Waals surface area contributed by atoms with Gasteiger partial charge in [-0.3, -0.25) is 0 Å². The molecule has 0 saturated heterocycles. The number of hydrogen-bond acceptors (Lipinski definition) is 2. The molecular weight excluding hydrogens is 178 g/mol. The largest absolute Gasteiger partial charge is 0.327 e. The Bertz CT molecular complexity index is 235. The molecular formula is C11H17NS. The summed E-state index contributed by atoms with van der Waals surface area (Å²) >= 11 is 4.18. The molecule has 0 aliphatic rings. The van der Waals surface area contributed by atoms with E-state index >= 15 is 0 Å². The molecule has 0 radical (unpaired) electrons. The van der Waals surface area contributed by atoms with Crippen molar-refractivity contribution in [1.29, 1.82) is 0 Å². The molecule has 0 aliphatic carbocycles. The van der Waals surface area contributed by atoms with Crippen LogP contribution in [0.15, 0.2) is 30.3 Å². The number of thiol groups is 1. The van der Waals surface area contributed by atoms with Crippen molar-refractivity contribution in [1.82, 2.24) is 0 Å². The molecule has 0 amide bonds. The van der Waals surface area contributed by atoms with Crippen molar-refractivity contribution in [3.8, 4) is 0 Å². The first-order chi connectivity index (χ1) is 6.24. The molecule has 2 heteroatoms. The number of benzene rings is 1. The molecule has 0 spiro atoms. The fraction of sp³-hybridized carbons (Fsp3) is 0.455. The lowest BCUT2D eigenvalue weighted by Crippen LogP contribution is -2.23. The highest BCUT2D eigenvalue weighted by atomic mass is 32.1. The van der Waals surface area contributed by atoms with Crippen molar-refractivity contribution >= 4 is 12.6 Å². The number of hydrogen-bond donors (Lipinski definition) is 2. The minimum absolute atomic E-state index is 0.207. The van der Waals surface area contributed by atoms with Gasteiger partial charge in [-0.15, -0.1) is 0 Å². The fourth-order valence-electron chi connectivity index (χ4n) is 1.45. The summed E-state index contributed by atoms with van der Waals surface area (Å²) in [6.07, 6.45) is 1.01. The van der Waals surface area contributed by atoms with Crippen LogP contribution in [-0.2, 0) is 0 Å². The van der Waals surface area contributed by atoms with Crippen LogP contribution in [0.3, 0.4) is 0 Å². The highest BCUT2D eigenvalue weighted by molar-refractivity contribution is 7.80. The lowest BCUT2D eigenvalue weighted by Gasteiger charge is -2.15. The first-order valence-corrected chi connectivity index (χ1v) is 5.28. The number of rotatable bonds is 4. The lowest BCUT2D eigenvalue weighted by atomic mass is 9.95. The summed E-state index contributed by atoms with van der Waals surface area (Å²) in [5.41, 5.74) is 7.20. The van der Waals surface area contributed by atoms with E-state index < -0.39 is 0 Å². The third kappa shape index (κ3) is 3.41. The van der Waals surface area contributed by atoms with Gasteiger partial charge in [0, 0.05) is 11.8 Å². The van der Waals surface area contributed by atoms with Gasteiger partial charge in [-0.1, -0.05) is 37.3 Å². The predicted molar refractivity (Wildman–Crippen MR) is 61.3 cm³/mol. The molecule has 0 aromatic heterocycles. The maximum absolute atomic E-state index is 5.83. The molecule has 1 aromatic carbocycles. The Morgan fingerprint density at radius 3 is 2.46 bits per heavy atom. The summed E-state index contributed by atoms with van der Waals surface area (Å²) in [5.74, 6) is 1.29. The summed E-state index contributed by atoms with van der Waals surface area (Å²) in [6, 6.07) is 10.7. The topological polar surface area (TPSA) is 26.0 Å². The maximum Gasteiger partial charge on any atom is 0.0133 e. The maximum atomic E-state index is 5.83. The SMILES string of the molecule is CC(CC(N)CS)c1ccccc1. The molecule has 2 atom stereocenters. The van der Waals surface area contributed by atoms with Crippen LogP contribution in [-0.4, -0.2) is 11.8 Å². The van der Waals surface area contributed by atoms with Gasteiger partial charge in [0.05, 0.1) is 0 Å². The Hall–Kier alpha value is -0.470. The summed E-state index contributed by atoms with van der Waals surface area (Å²) in [7, 11) is 0. The van der Waals surface area contributed by atoms with E-state index in [-0.39, 0.29) is 6.04 Å². The van der Waals surface area contributed by atoms with Crippen LogP contribution in [0.25, 0.3) is 0 Å². The highest BCUT2D eigenvalue weighted by Gasteiger charge is 2.08. The fourth-order valence-corrected chi connectivity index (χ4v) is 1.60. The summed E-state index contributed by atoms with van der Waals surface area (Å²) in [4.78, 5) is 0. The summed E-state index contributed by atoms with van der Waals surface area (Å²) in [5, 5.41) is 0. The van der Waals surface area contributed by atoms with Crippen LogP contribution in [0.5, 0.6) is 0 Å². The summed E-state index contributed by atoms with van der Waals surface area (Å²) < 4.78 is 0. The van der Waals surface area contributed by atoms with Gasteiger partial charge in [0.1, 0.15) is 0 Å². The lowest BCUT2D eigenvalue weighted by molar-refractivity contribution is 0.593. The average Bonchev–Trinajstić information content (AvgIpc) is 2.19. The van der Waals surface area contributed by atoms with Crippen molar-refractivity contribution in [2.24, 2.45) is 5.73 Å². The van der Waals surface area contributed by atoms with E-state index in [9.17, 15) is 0 Å². The van der Waals surface area contributed by atoms with Crippen LogP contribution in [0.2, 0.25) is 0 Å². The summed E-state index contributed by atoms with van der Waals surface area (Å²) in [6.45, 7) is 2.21. The normalized spacial score (nSPS) is 15.3. The second kappa shape index (κ2) is 5.30. The van der Waals surface area contributed by atoms with E-state index in [1.165, 1.54) is 5.56 Å². The first kappa shape index (κ1) is 10.6. The Morgan fingerprint density at radius 2 is 1.92 bits per heavy atom. The second-order valence-corrected chi connectivity index (χ2v) is 3.86. The molecule has 1 aromatic rings. The Kier molecular flexibility index (Phi) is 4.33.